The van der Waals surface area contributed by atoms with Gasteiger partial charge in [-0.05, 0) is 50.1 Å². The van der Waals surface area contributed by atoms with E-state index in [1.165, 1.54) is 5.56 Å². The minimum absolute atomic E-state index is 0.568. The average molecular weight is 329 g/mol. The molecule has 0 spiro atoms. The Hall–Kier alpha value is -1.97. The standard InChI is InChI=1S/C16H16N3OPS/c1-3-20-14-10-21-9-8-13(14)15-17-18-16(22)19(15)12-6-4-11(2)5-7-12/h4-10H,3H2,1-2H3,(H,18,22). The normalized spacial score (nSPS) is 11.0. The summed E-state index contributed by atoms with van der Waals surface area (Å²) >= 11 is 5.41. The molecule has 1 N–H and O–H groups in total. The first-order valence-corrected chi connectivity index (χ1v) is 8.46. The molecule has 0 aliphatic rings. The van der Waals surface area contributed by atoms with E-state index >= 15 is 0 Å². The van der Waals surface area contributed by atoms with Gasteiger partial charge in [0.25, 0.3) is 0 Å². The average Bonchev–Trinajstić information content (AvgIpc) is 2.91. The second-order valence-electron chi connectivity index (χ2n) is 4.83. The molecule has 6 heteroatoms. The molecule has 0 saturated carbocycles. The van der Waals surface area contributed by atoms with E-state index in [4.69, 9.17) is 17.0 Å². The van der Waals surface area contributed by atoms with Gasteiger partial charge in [0.15, 0.2) is 10.6 Å². The maximum Gasteiger partial charge on any atom is 0.200 e. The Labute approximate surface area is 135 Å². The molecule has 0 aliphatic heterocycles. The van der Waals surface area contributed by atoms with Crippen LogP contribution in [0, 0.1) is 11.7 Å². The number of benzene rings is 1. The summed E-state index contributed by atoms with van der Waals surface area (Å²) in [5, 5.41) is 7.29. The molecule has 0 bridgehead atoms. The van der Waals surface area contributed by atoms with E-state index in [1.54, 1.807) is 0 Å². The Morgan fingerprint density at radius 2 is 2.05 bits per heavy atom. The topological polar surface area (TPSA) is 42.8 Å². The number of nitrogens with one attached hydrogen (secondary N) is 1. The summed E-state index contributed by atoms with van der Waals surface area (Å²) in [5.74, 6) is 5.71. The van der Waals surface area contributed by atoms with Crippen LogP contribution in [0.25, 0.3) is 17.1 Å². The summed E-state index contributed by atoms with van der Waals surface area (Å²) in [6.07, 6.45) is 0. The number of H-pyrrole nitrogens is 1. The van der Waals surface area contributed by atoms with E-state index in [1.807, 2.05) is 35.5 Å². The summed E-state index contributed by atoms with van der Waals surface area (Å²) in [7, 11) is 1.11. The molecular weight excluding hydrogens is 313 g/mol. The van der Waals surface area contributed by atoms with Crippen LogP contribution in [0.1, 0.15) is 12.5 Å². The van der Waals surface area contributed by atoms with Crippen molar-refractivity contribution in [3.63, 3.8) is 0 Å². The minimum Gasteiger partial charge on any atom is -0.493 e. The van der Waals surface area contributed by atoms with Crippen LogP contribution >= 0.6 is 20.4 Å². The lowest BCUT2D eigenvalue weighted by molar-refractivity contribution is 0.342. The van der Waals surface area contributed by atoms with Crippen molar-refractivity contribution in [2.24, 2.45) is 0 Å². The lowest BCUT2D eigenvalue weighted by Gasteiger charge is -2.11. The second-order valence-corrected chi connectivity index (χ2v) is 6.07. The van der Waals surface area contributed by atoms with Crippen LogP contribution in [0.5, 0.6) is 5.75 Å². The van der Waals surface area contributed by atoms with Crippen LogP contribution in [0.4, 0.5) is 0 Å². The van der Waals surface area contributed by atoms with Crippen molar-refractivity contribution in [1.82, 2.24) is 14.8 Å². The summed E-state index contributed by atoms with van der Waals surface area (Å²) < 4.78 is 8.24. The predicted octanol–water partition coefficient (Wildman–Crippen LogP) is 4.88. The number of rotatable bonds is 4. The van der Waals surface area contributed by atoms with Gasteiger partial charge in [-0.15, -0.1) is 0 Å². The number of aromatic amines is 1. The third kappa shape index (κ3) is 2.82. The summed E-state index contributed by atoms with van der Waals surface area (Å²) in [5.41, 5.74) is 3.13. The molecule has 3 aromatic rings. The smallest absolute Gasteiger partial charge is 0.200 e. The van der Waals surface area contributed by atoms with Crippen LogP contribution in [0.3, 0.4) is 0 Å². The fourth-order valence-corrected chi connectivity index (χ4v) is 3.15. The Balaban J connectivity index is 2.18. The predicted molar refractivity (Wildman–Crippen MR) is 92.6 cm³/mol. The number of hydrogen-bond acceptors (Lipinski definition) is 3. The largest absolute Gasteiger partial charge is 0.493 e. The van der Waals surface area contributed by atoms with Crippen molar-refractivity contribution in [3.8, 4) is 22.8 Å². The van der Waals surface area contributed by atoms with Gasteiger partial charge < -0.3 is 4.74 Å². The fourth-order valence-electron chi connectivity index (χ4n) is 2.25. The van der Waals surface area contributed by atoms with Gasteiger partial charge in [0.05, 0.1) is 12.2 Å². The van der Waals surface area contributed by atoms with Gasteiger partial charge in [-0.1, -0.05) is 25.9 Å². The number of nitrogens with zero attached hydrogens (tertiary/aromatic N) is 2. The molecule has 2 aromatic heterocycles. The molecule has 0 unspecified atom stereocenters. The fraction of sp³-hybridized carbons (Fsp3) is 0.188. The van der Waals surface area contributed by atoms with Crippen LogP contribution in [0.2, 0.25) is 0 Å². The molecule has 0 saturated heterocycles. The van der Waals surface area contributed by atoms with Crippen LogP contribution < -0.4 is 4.74 Å². The van der Waals surface area contributed by atoms with E-state index in [9.17, 15) is 0 Å². The molecule has 112 valence electrons. The first kappa shape index (κ1) is 14.9. The summed E-state index contributed by atoms with van der Waals surface area (Å²) in [6.45, 7) is 4.66. The monoisotopic (exact) mass is 329 g/mol. The van der Waals surface area contributed by atoms with Gasteiger partial charge in [0, 0.05) is 11.5 Å². The van der Waals surface area contributed by atoms with Crippen molar-refractivity contribution < 1.29 is 4.74 Å². The van der Waals surface area contributed by atoms with E-state index < -0.39 is 0 Å². The quantitative estimate of drug-likeness (QED) is 0.693. The Kier molecular flexibility index (Phi) is 4.36. The zero-order valence-corrected chi connectivity index (χ0v) is 14.1. The first-order valence-electron chi connectivity index (χ1n) is 7.02. The lowest BCUT2D eigenvalue weighted by Crippen LogP contribution is -2.00. The Morgan fingerprint density at radius 1 is 1.27 bits per heavy atom. The number of hydrogen-bond donors (Lipinski definition) is 1. The van der Waals surface area contributed by atoms with Crippen molar-refractivity contribution in [2.45, 2.75) is 13.8 Å². The van der Waals surface area contributed by atoms with Crippen LogP contribution in [-0.4, -0.2) is 21.4 Å². The van der Waals surface area contributed by atoms with Crippen molar-refractivity contribution >= 4 is 20.4 Å². The van der Waals surface area contributed by atoms with E-state index in [0.717, 1.165) is 31.0 Å². The number of aromatic nitrogens is 3. The highest BCUT2D eigenvalue weighted by atomic mass is 32.1. The number of ether oxygens (including phenoxy) is 1. The molecule has 4 nitrogen and oxygen atoms in total. The summed E-state index contributed by atoms with van der Waals surface area (Å²) in [4.78, 5) is 0. The molecule has 0 radical (unpaired) electrons. The highest BCUT2D eigenvalue weighted by Crippen LogP contribution is 2.32. The van der Waals surface area contributed by atoms with Crippen LogP contribution in [-0.2, 0) is 0 Å². The molecule has 0 atom stereocenters. The van der Waals surface area contributed by atoms with Crippen LogP contribution in [0.15, 0.2) is 41.9 Å². The van der Waals surface area contributed by atoms with Gasteiger partial charge in [-0.3, -0.25) is 9.67 Å². The van der Waals surface area contributed by atoms with E-state index in [2.05, 4.69) is 35.1 Å². The molecule has 1 aromatic carbocycles. The van der Waals surface area contributed by atoms with Gasteiger partial charge in [0.2, 0.25) is 0 Å². The van der Waals surface area contributed by atoms with Gasteiger partial charge in [-0.25, -0.2) is 0 Å². The first-order chi connectivity index (χ1) is 10.7. The van der Waals surface area contributed by atoms with Crippen molar-refractivity contribution in [2.75, 3.05) is 6.61 Å². The third-order valence-corrected chi connectivity index (χ3v) is 4.27. The zero-order valence-electron chi connectivity index (χ0n) is 12.4. The molecular formula is C16H16N3OPS. The van der Waals surface area contributed by atoms with Crippen molar-refractivity contribution in [1.29, 1.82) is 0 Å². The summed E-state index contributed by atoms with van der Waals surface area (Å²) in [6, 6.07) is 10.2. The Bertz CT molecular complexity index is 839. The molecule has 3 rings (SSSR count). The highest BCUT2D eigenvalue weighted by molar-refractivity contribution is 7.71. The maximum absolute atomic E-state index is 5.73. The second kappa shape index (κ2) is 6.42. The van der Waals surface area contributed by atoms with Gasteiger partial charge in [-0.2, -0.15) is 5.10 Å². The SMILES string of the molecule is CCOc1cpccc1-c1n[nH]c(=S)n1-c1ccc(C)cc1. The Morgan fingerprint density at radius 3 is 2.77 bits per heavy atom. The number of aryl methyl sites for hydroxylation is 1. The van der Waals surface area contributed by atoms with Crippen molar-refractivity contribution in [3.05, 3.63) is 52.3 Å². The van der Waals surface area contributed by atoms with E-state index in [-0.39, 0.29) is 0 Å². The molecule has 22 heavy (non-hydrogen) atoms. The maximum atomic E-state index is 5.73. The van der Waals surface area contributed by atoms with Gasteiger partial charge in [0.1, 0.15) is 5.75 Å². The molecule has 0 fully saturated rings. The van der Waals surface area contributed by atoms with Gasteiger partial charge >= 0.3 is 0 Å². The van der Waals surface area contributed by atoms with E-state index in [0.29, 0.717) is 11.4 Å². The molecule has 2 heterocycles. The highest BCUT2D eigenvalue weighted by Gasteiger charge is 2.14. The lowest BCUT2D eigenvalue weighted by atomic mass is 10.2. The zero-order chi connectivity index (χ0) is 15.5. The molecule has 0 amide bonds. The third-order valence-electron chi connectivity index (χ3n) is 3.29. The minimum atomic E-state index is 0.568. The molecule has 0 aliphatic carbocycles.